The predicted octanol–water partition coefficient (Wildman–Crippen LogP) is 6.35. The minimum atomic E-state index is -0.327. The Morgan fingerprint density at radius 3 is 2.27 bits per heavy atom. The number of morpholine rings is 1. The number of halogens is 1. The molecule has 7 rings (SSSR count). The second-order valence-electron chi connectivity index (χ2n) is 15.1. The van der Waals surface area contributed by atoms with Crippen molar-refractivity contribution in [2.24, 2.45) is 17.1 Å². The molecule has 10 heteroatoms. The SMILES string of the molecule is NC1CCC(N(c2ccc(N3CCOCC3)cc2)[C@H](Cc2ccc(Cl)cc2)C(=O)N2CCC(Cn3cncn3)(C3CCCCC3)CC2)CC1. The highest BCUT2D eigenvalue weighted by atomic mass is 35.5. The summed E-state index contributed by atoms with van der Waals surface area (Å²) in [6, 6.07) is 17.2. The zero-order valence-corrected chi connectivity index (χ0v) is 29.7. The number of likely N-dealkylation sites (tertiary alicyclic amines) is 1. The van der Waals surface area contributed by atoms with Crippen molar-refractivity contribution in [1.82, 2.24) is 19.7 Å². The molecule has 0 spiro atoms. The molecule has 2 saturated heterocycles. The van der Waals surface area contributed by atoms with Gasteiger partial charge in [0.1, 0.15) is 18.7 Å². The van der Waals surface area contributed by atoms with Gasteiger partial charge in [0.15, 0.2) is 0 Å². The molecule has 49 heavy (non-hydrogen) atoms. The number of nitrogens with two attached hydrogens (primary N) is 1. The zero-order valence-electron chi connectivity index (χ0n) is 29.0. The maximum atomic E-state index is 15.1. The van der Waals surface area contributed by atoms with E-state index in [0.29, 0.717) is 17.4 Å². The average Bonchev–Trinajstić information content (AvgIpc) is 3.67. The van der Waals surface area contributed by atoms with Gasteiger partial charge in [-0.15, -0.1) is 0 Å². The van der Waals surface area contributed by atoms with Gasteiger partial charge in [-0.3, -0.25) is 9.48 Å². The van der Waals surface area contributed by atoms with Gasteiger partial charge in [-0.25, -0.2) is 4.98 Å². The van der Waals surface area contributed by atoms with E-state index in [4.69, 9.17) is 22.1 Å². The Labute approximate surface area is 297 Å². The fourth-order valence-electron chi connectivity index (χ4n) is 9.26. The summed E-state index contributed by atoms with van der Waals surface area (Å²) in [6.07, 6.45) is 16.6. The van der Waals surface area contributed by atoms with Gasteiger partial charge in [0.05, 0.1) is 13.2 Å². The van der Waals surface area contributed by atoms with E-state index in [-0.39, 0.29) is 29.4 Å². The number of amides is 1. The van der Waals surface area contributed by atoms with Crippen LogP contribution in [-0.4, -0.2) is 83.1 Å². The van der Waals surface area contributed by atoms with Gasteiger partial charge in [0.25, 0.3) is 0 Å². The number of rotatable bonds is 10. The lowest BCUT2D eigenvalue weighted by atomic mass is 9.63. The first-order chi connectivity index (χ1) is 24.0. The van der Waals surface area contributed by atoms with Gasteiger partial charge >= 0.3 is 0 Å². The summed E-state index contributed by atoms with van der Waals surface area (Å²) in [5.41, 5.74) is 10.0. The first-order valence-electron chi connectivity index (χ1n) is 18.8. The van der Waals surface area contributed by atoms with Crippen LogP contribution in [0.2, 0.25) is 5.02 Å². The number of ether oxygens (including phenoxy) is 1. The van der Waals surface area contributed by atoms with Crippen molar-refractivity contribution >= 4 is 28.9 Å². The molecule has 0 bridgehead atoms. The molecule has 0 unspecified atom stereocenters. The second kappa shape index (κ2) is 15.8. The number of benzene rings is 2. The fraction of sp³-hybridized carbons (Fsp3) is 0.615. The molecule has 2 aliphatic heterocycles. The molecule has 0 radical (unpaired) electrons. The molecule has 1 atom stereocenters. The van der Waals surface area contributed by atoms with E-state index >= 15 is 4.79 Å². The van der Waals surface area contributed by atoms with Crippen molar-refractivity contribution in [2.45, 2.75) is 102 Å². The Balaban J connectivity index is 1.18. The van der Waals surface area contributed by atoms with E-state index in [0.717, 1.165) is 95.7 Å². The Morgan fingerprint density at radius 1 is 0.918 bits per heavy atom. The fourth-order valence-corrected chi connectivity index (χ4v) is 9.39. The van der Waals surface area contributed by atoms with Crippen LogP contribution in [0.3, 0.4) is 0 Å². The number of anilines is 2. The van der Waals surface area contributed by atoms with Crippen LogP contribution < -0.4 is 15.5 Å². The molecule has 2 aliphatic carbocycles. The largest absolute Gasteiger partial charge is 0.378 e. The maximum absolute atomic E-state index is 15.1. The highest BCUT2D eigenvalue weighted by Gasteiger charge is 2.45. The van der Waals surface area contributed by atoms with Crippen LogP contribution in [-0.2, 0) is 22.5 Å². The molecule has 9 nitrogen and oxygen atoms in total. The average molecular weight is 688 g/mol. The summed E-state index contributed by atoms with van der Waals surface area (Å²) >= 11 is 6.33. The Kier molecular flexibility index (Phi) is 11.1. The molecule has 3 heterocycles. The lowest BCUT2D eigenvalue weighted by Gasteiger charge is -2.49. The van der Waals surface area contributed by atoms with E-state index in [1.54, 1.807) is 6.33 Å². The van der Waals surface area contributed by atoms with Crippen LogP contribution >= 0.6 is 11.6 Å². The molecule has 4 fully saturated rings. The van der Waals surface area contributed by atoms with Crippen molar-refractivity contribution in [3.63, 3.8) is 0 Å². The van der Waals surface area contributed by atoms with Gasteiger partial charge in [0, 0.05) is 67.6 Å². The Bertz CT molecular complexity index is 1460. The second-order valence-corrected chi connectivity index (χ2v) is 15.5. The zero-order chi connectivity index (χ0) is 33.6. The van der Waals surface area contributed by atoms with E-state index in [9.17, 15) is 0 Å². The third-order valence-electron chi connectivity index (χ3n) is 12.1. The summed E-state index contributed by atoms with van der Waals surface area (Å²) in [5, 5.41) is 5.24. The third kappa shape index (κ3) is 8.10. The minimum Gasteiger partial charge on any atom is -0.378 e. The van der Waals surface area contributed by atoms with Gasteiger partial charge in [-0.05, 0) is 105 Å². The molecule has 4 aliphatic rings. The van der Waals surface area contributed by atoms with E-state index in [1.807, 2.05) is 23.1 Å². The van der Waals surface area contributed by atoms with Crippen molar-refractivity contribution in [3.05, 3.63) is 71.8 Å². The number of carbonyl (C=O) groups is 1. The third-order valence-corrected chi connectivity index (χ3v) is 12.4. The number of aromatic nitrogens is 3. The maximum Gasteiger partial charge on any atom is 0.245 e. The topological polar surface area (TPSA) is 92.8 Å². The van der Waals surface area contributed by atoms with Gasteiger partial charge < -0.3 is 25.2 Å². The van der Waals surface area contributed by atoms with Gasteiger partial charge in [-0.1, -0.05) is 43.0 Å². The number of piperidine rings is 1. The summed E-state index contributed by atoms with van der Waals surface area (Å²) in [7, 11) is 0. The lowest BCUT2D eigenvalue weighted by Crippen LogP contribution is -2.57. The van der Waals surface area contributed by atoms with Crippen molar-refractivity contribution < 1.29 is 9.53 Å². The van der Waals surface area contributed by atoms with Crippen LogP contribution in [0.1, 0.15) is 76.2 Å². The van der Waals surface area contributed by atoms with Crippen LogP contribution in [0, 0.1) is 11.3 Å². The highest BCUT2D eigenvalue weighted by Crippen LogP contribution is 2.47. The summed E-state index contributed by atoms with van der Waals surface area (Å²) in [5.74, 6) is 0.903. The quantitative estimate of drug-likeness (QED) is 0.266. The smallest absolute Gasteiger partial charge is 0.245 e. The number of hydrogen-bond donors (Lipinski definition) is 1. The normalized spacial score (nSPS) is 24.0. The van der Waals surface area contributed by atoms with E-state index in [1.165, 1.54) is 37.8 Å². The number of hydrogen-bond acceptors (Lipinski definition) is 7. The van der Waals surface area contributed by atoms with E-state index < -0.39 is 0 Å². The number of carbonyl (C=O) groups excluding carboxylic acids is 1. The highest BCUT2D eigenvalue weighted by molar-refractivity contribution is 6.30. The first-order valence-corrected chi connectivity index (χ1v) is 19.2. The molecular weight excluding hydrogens is 634 g/mol. The van der Waals surface area contributed by atoms with Crippen molar-refractivity contribution in [1.29, 1.82) is 0 Å². The van der Waals surface area contributed by atoms with Crippen LogP contribution in [0.15, 0.2) is 61.2 Å². The monoisotopic (exact) mass is 687 g/mol. The lowest BCUT2D eigenvalue weighted by molar-refractivity contribution is -0.136. The standard InChI is InChI=1S/C39H54ClN7O2/c40-32-8-6-30(7-9-32)26-37(38(48)45-20-18-39(19-21-45,27-46-29-42-28-43-46)31-4-2-1-3-5-31)47(35-12-10-33(41)11-13-35)36-16-14-34(15-17-36)44-22-24-49-25-23-44/h6-9,14-17,28-29,31,33,35,37H,1-5,10-13,18-27,41H2/t33?,35?,37-/m1/s1. The van der Waals surface area contributed by atoms with Gasteiger partial charge in [-0.2, -0.15) is 5.10 Å². The van der Waals surface area contributed by atoms with Gasteiger partial charge in [0.2, 0.25) is 5.91 Å². The van der Waals surface area contributed by atoms with Crippen LogP contribution in [0.5, 0.6) is 0 Å². The molecule has 1 amide bonds. The Morgan fingerprint density at radius 2 is 1.61 bits per heavy atom. The van der Waals surface area contributed by atoms with Crippen LogP contribution in [0.4, 0.5) is 11.4 Å². The van der Waals surface area contributed by atoms with Crippen molar-refractivity contribution in [2.75, 3.05) is 49.2 Å². The summed E-state index contributed by atoms with van der Waals surface area (Å²) in [4.78, 5) is 26.4. The Hall–Kier alpha value is -3.14. The molecule has 2 aromatic carbocycles. The van der Waals surface area contributed by atoms with E-state index in [2.05, 4.69) is 61.2 Å². The predicted molar refractivity (Wildman–Crippen MR) is 196 cm³/mol. The van der Waals surface area contributed by atoms with Crippen LogP contribution in [0.25, 0.3) is 0 Å². The summed E-state index contributed by atoms with van der Waals surface area (Å²) < 4.78 is 7.64. The molecule has 1 aromatic heterocycles. The summed E-state index contributed by atoms with van der Waals surface area (Å²) in [6.45, 7) is 5.75. The first kappa shape index (κ1) is 34.3. The molecule has 2 saturated carbocycles. The van der Waals surface area contributed by atoms with Crippen molar-refractivity contribution in [3.8, 4) is 0 Å². The number of nitrogens with zero attached hydrogens (tertiary/aromatic N) is 6. The minimum absolute atomic E-state index is 0.144. The molecule has 2 N–H and O–H groups in total. The molecular formula is C39H54ClN7O2. The molecule has 3 aromatic rings. The molecule has 264 valence electrons.